The van der Waals surface area contributed by atoms with Crippen LogP contribution in [0.5, 0.6) is 5.75 Å². The summed E-state index contributed by atoms with van der Waals surface area (Å²) in [6.07, 6.45) is 0. The lowest BCUT2D eigenvalue weighted by molar-refractivity contribution is -0.118. The number of carbonyl (C=O) groups excluding carboxylic acids is 1. The fraction of sp³-hybridized carbons (Fsp3) is 0.316. The summed E-state index contributed by atoms with van der Waals surface area (Å²) in [7, 11) is 0. The zero-order valence-corrected chi connectivity index (χ0v) is 13.6. The van der Waals surface area contributed by atoms with Crippen molar-refractivity contribution in [2.75, 3.05) is 11.9 Å². The lowest BCUT2D eigenvalue weighted by Crippen LogP contribution is -2.23. The molecule has 22 heavy (non-hydrogen) atoms. The van der Waals surface area contributed by atoms with Gasteiger partial charge >= 0.3 is 0 Å². The van der Waals surface area contributed by atoms with E-state index in [0.717, 1.165) is 16.8 Å². The number of rotatable bonds is 4. The molecular weight excluding hydrogens is 274 g/mol. The van der Waals surface area contributed by atoms with Crippen LogP contribution in [0.1, 0.15) is 31.9 Å². The fourth-order valence-electron chi connectivity index (χ4n) is 2.29. The van der Waals surface area contributed by atoms with Gasteiger partial charge in [0, 0.05) is 5.69 Å². The van der Waals surface area contributed by atoms with E-state index in [1.807, 2.05) is 55.5 Å². The van der Waals surface area contributed by atoms with Crippen molar-refractivity contribution < 1.29 is 9.53 Å². The van der Waals surface area contributed by atoms with Gasteiger partial charge in [0.25, 0.3) is 5.91 Å². The van der Waals surface area contributed by atoms with E-state index in [1.54, 1.807) is 0 Å². The minimum Gasteiger partial charge on any atom is -0.484 e. The van der Waals surface area contributed by atoms with Crippen molar-refractivity contribution in [2.24, 2.45) is 0 Å². The highest BCUT2D eigenvalue weighted by Gasteiger charge is 2.18. The largest absolute Gasteiger partial charge is 0.484 e. The summed E-state index contributed by atoms with van der Waals surface area (Å²) in [5.74, 6) is 0.553. The number of ether oxygens (including phenoxy) is 1. The van der Waals surface area contributed by atoms with Crippen molar-refractivity contribution in [1.29, 1.82) is 0 Å². The lowest BCUT2D eigenvalue weighted by Gasteiger charge is -2.23. The molecule has 0 atom stereocenters. The van der Waals surface area contributed by atoms with Crippen LogP contribution in [0, 0.1) is 6.92 Å². The van der Waals surface area contributed by atoms with E-state index in [0.29, 0.717) is 5.75 Å². The van der Waals surface area contributed by atoms with Gasteiger partial charge in [-0.25, -0.2) is 0 Å². The van der Waals surface area contributed by atoms with Gasteiger partial charge in [-0.05, 0) is 41.7 Å². The first kappa shape index (κ1) is 16.1. The van der Waals surface area contributed by atoms with Crippen molar-refractivity contribution in [3.05, 3.63) is 59.7 Å². The van der Waals surface area contributed by atoms with Crippen molar-refractivity contribution in [3.63, 3.8) is 0 Å². The Balaban J connectivity index is 2.01. The summed E-state index contributed by atoms with van der Waals surface area (Å²) in [4.78, 5) is 12.1. The van der Waals surface area contributed by atoms with E-state index in [-0.39, 0.29) is 17.9 Å². The molecule has 0 aliphatic carbocycles. The average Bonchev–Trinajstić information content (AvgIpc) is 2.45. The quantitative estimate of drug-likeness (QED) is 0.913. The van der Waals surface area contributed by atoms with E-state index >= 15 is 0 Å². The number of carbonyl (C=O) groups is 1. The Kier molecular flexibility index (Phi) is 4.86. The summed E-state index contributed by atoms with van der Waals surface area (Å²) >= 11 is 0. The molecule has 2 aromatic carbocycles. The normalized spacial score (nSPS) is 11.1. The summed E-state index contributed by atoms with van der Waals surface area (Å²) < 4.78 is 5.53. The summed E-state index contributed by atoms with van der Waals surface area (Å²) in [5, 5.41) is 2.94. The van der Waals surface area contributed by atoms with Gasteiger partial charge in [0.05, 0.1) is 0 Å². The molecule has 0 heterocycles. The molecule has 3 nitrogen and oxygen atoms in total. The van der Waals surface area contributed by atoms with Gasteiger partial charge in [-0.1, -0.05) is 51.1 Å². The third kappa shape index (κ3) is 4.35. The topological polar surface area (TPSA) is 38.3 Å². The van der Waals surface area contributed by atoms with Crippen molar-refractivity contribution in [2.45, 2.75) is 33.1 Å². The second-order valence-electron chi connectivity index (χ2n) is 6.45. The van der Waals surface area contributed by atoms with Crippen molar-refractivity contribution in [3.8, 4) is 5.75 Å². The maximum Gasteiger partial charge on any atom is 0.262 e. The predicted molar refractivity (Wildman–Crippen MR) is 90.4 cm³/mol. The van der Waals surface area contributed by atoms with Crippen LogP contribution in [0.25, 0.3) is 0 Å². The molecule has 0 saturated heterocycles. The Bertz CT molecular complexity index is 656. The number of hydrogen-bond acceptors (Lipinski definition) is 2. The Morgan fingerprint density at radius 2 is 1.82 bits per heavy atom. The molecule has 0 spiro atoms. The molecule has 0 aliphatic rings. The predicted octanol–water partition coefficient (Wildman–Crippen LogP) is 4.31. The van der Waals surface area contributed by atoms with Gasteiger partial charge in [-0.2, -0.15) is 0 Å². The minimum atomic E-state index is -0.154. The molecular formula is C19H23NO2. The van der Waals surface area contributed by atoms with Crippen molar-refractivity contribution in [1.82, 2.24) is 0 Å². The Hall–Kier alpha value is -2.29. The van der Waals surface area contributed by atoms with Crippen molar-refractivity contribution >= 4 is 11.6 Å². The number of hydrogen-bond donors (Lipinski definition) is 1. The molecule has 1 amide bonds. The van der Waals surface area contributed by atoms with Gasteiger partial charge in [0.15, 0.2) is 6.61 Å². The van der Waals surface area contributed by atoms with Crippen LogP contribution in [0.4, 0.5) is 5.69 Å². The third-order valence-electron chi connectivity index (χ3n) is 3.37. The molecule has 0 unspecified atom stereocenters. The van der Waals surface area contributed by atoms with E-state index in [1.165, 1.54) is 0 Å². The summed E-state index contributed by atoms with van der Waals surface area (Å²) in [6, 6.07) is 15.5. The van der Waals surface area contributed by atoms with E-state index < -0.39 is 0 Å². The molecule has 0 aliphatic heterocycles. The molecule has 2 aromatic rings. The number of aryl methyl sites for hydroxylation is 1. The Labute approximate surface area is 132 Å². The maximum atomic E-state index is 12.1. The fourth-order valence-corrected chi connectivity index (χ4v) is 2.29. The van der Waals surface area contributed by atoms with Gasteiger partial charge in [-0.3, -0.25) is 4.79 Å². The van der Waals surface area contributed by atoms with Gasteiger partial charge in [0.2, 0.25) is 0 Å². The van der Waals surface area contributed by atoms with Crippen LogP contribution >= 0.6 is 0 Å². The van der Waals surface area contributed by atoms with Crippen LogP contribution in [-0.4, -0.2) is 12.5 Å². The highest BCUT2D eigenvalue weighted by molar-refractivity contribution is 5.92. The lowest BCUT2D eigenvalue weighted by atomic mass is 9.86. The van der Waals surface area contributed by atoms with Crippen LogP contribution in [0.2, 0.25) is 0 Å². The van der Waals surface area contributed by atoms with Crippen LogP contribution in [-0.2, 0) is 10.2 Å². The molecule has 3 heteroatoms. The first-order valence-electron chi connectivity index (χ1n) is 7.45. The van der Waals surface area contributed by atoms with E-state index in [2.05, 4.69) is 26.1 Å². The number of nitrogens with one attached hydrogen (secondary N) is 1. The number of benzene rings is 2. The second kappa shape index (κ2) is 6.65. The number of amides is 1. The Morgan fingerprint density at radius 3 is 2.50 bits per heavy atom. The number of anilines is 1. The van der Waals surface area contributed by atoms with Crippen LogP contribution < -0.4 is 10.1 Å². The molecule has 1 N–H and O–H groups in total. The molecule has 0 aromatic heterocycles. The average molecular weight is 297 g/mol. The zero-order valence-electron chi connectivity index (χ0n) is 13.6. The van der Waals surface area contributed by atoms with Crippen LogP contribution in [0.15, 0.2) is 48.5 Å². The second-order valence-corrected chi connectivity index (χ2v) is 6.45. The first-order chi connectivity index (χ1) is 10.4. The van der Waals surface area contributed by atoms with Gasteiger partial charge < -0.3 is 10.1 Å². The molecule has 2 rings (SSSR count). The zero-order chi connectivity index (χ0) is 16.2. The van der Waals surface area contributed by atoms with E-state index in [4.69, 9.17) is 4.74 Å². The molecule has 116 valence electrons. The molecule has 0 bridgehead atoms. The van der Waals surface area contributed by atoms with Gasteiger partial charge in [-0.15, -0.1) is 0 Å². The SMILES string of the molecule is Cc1cccc(OCC(=O)Nc2ccccc2C(C)(C)C)c1. The molecule has 0 radical (unpaired) electrons. The highest BCUT2D eigenvalue weighted by atomic mass is 16.5. The highest BCUT2D eigenvalue weighted by Crippen LogP contribution is 2.29. The molecule has 0 fully saturated rings. The van der Waals surface area contributed by atoms with Gasteiger partial charge in [0.1, 0.15) is 5.75 Å². The van der Waals surface area contributed by atoms with E-state index in [9.17, 15) is 4.79 Å². The standard InChI is InChI=1S/C19H23NO2/c1-14-8-7-9-15(12-14)22-13-18(21)20-17-11-6-5-10-16(17)19(2,3)4/h5-12H,13H2,1-4H3,(H,20,21). The summed E-state index contributed by atoms with van der Waals surface area (Å²) in [5.41, 5.74) is 3.03. The first-order valence-corrected chi connectivity index (χ1v) is 7.45. The third-order valence-corrected chi connectivity index (χ3v) is 3.37. The summed E-state index contributed by atoms with van der Waals surface area (Å²) in [6.45, 7) is 8.37. The van der Waals surface area contributed by atoms with Crippen LogP contribution in [0.3, 0.4) is 0 Å². The monoisotopic (exact) mass is 297 g/mol. The molecule has 0 saturated carbocycles. The number of para-hydroxylation sites is 1. The maximum absolute atomic E-state index is 12.1. The smallest absolute Gasteiger partial charge is 0.262 e. The Morgan fingerprint density at radius 1 is 1.09 bits per heavy atom. The minimum absolute atomic E-state index is 0.00192.